The fourth-order valence-electron chi connectivity index (χ4n) is 2.66. The second-order valence-corrected chi connectivity index (χ2v) is 6.22. The number of halogens is 1. The Morgan fingerprint density at radius 2 is 1.77 bits per heavy atom. The lowest BCUT2D eigenvalue weighted by molar-refractivity contribution is 0.478. The predicted molar refractivity (Wildman–Crippen MR) is 91.5 cm³/mol. The molecule has 1 saturated heterocycles. The molecule has 0 radical (unpaired) electrons. The monoisotopic (exact) mass is 316 g/mol. The van der Waals surface area contributed by atoms with Crippen molar-refractivity contribution in [2.75, 3.05) is 18.4 Å². The van der Waals surface area contributed by atoms with Gasteiger partial charge < -0.3 is 10.6 Å². The average Bonchev–Trinajstić information content (AvgIpc) is 2.53. The summed E-state index contributed by atoms with van der Waals surface area (Å²) in [6.45, 7) is 6.23. The van der Waals surface area contributed by atoms with Gasteiger partial charge >= 0.3 is 0 Å². The van der Waals surface area contributed by atoms with Crippen LogP contribution in [0, 0.1) is 13.8 Å². The average molecular weight is 317 g/mol. The van der Waals surface area contributed by atoms with Crippen molar-refractivity contribution in [3.8, 4) is 11.4 Å². The molecule has 1 fully saturated rings. The third-order valence-corrected chi connectivity index (χ3v) is 4.42. The van der Waals surface area contributed by atoms with Crippen molar-refractivity contribution < 1.29 is 0 Å². The van der Waals surface area contributed by atoms with Gasteiger partial charge in [0.1, 0.15) is 5.82 Å². The van der Waals surface area contributed by atoms with Crippen molar-refractivity contribution in [1.82, 2.24) is 15.3 Å². The van der Waals surface area contributed by atoms with Crippen LogP contribution in [0.15, 0.2) is 24.3 Å². The minimum atomic E-state index is 0.479. The van der Waals surface area contributed by atoms with Crippen LogP contribution >= 0.6 is 11.6 Å². The summed E-state index contributed by atoms with van der Waals surface area (Å²) in [7, 11) is 0. The van der Waals surface area contributed by atoms with E-state index >= 15 is 0 Å². The summed E-state index contributed by atoms with van der Waals surface area (Å²) < 4.78 is 0. The fourth-order valence-corrected chi connectivity index (χ4v) is 2.78. The van der Waals surface area contributed by atoms with Crippen LogP contribution in [0.1, 0.15) is 24.1 Å². The van der Waals surface area contributed by atoms with Crippen molar-refractivity contribution in [1.29, 1.82) is 0 Å². The lowest BCUT2D eigenvalue weighted by Gasteiger charge is -2.25. The molecule has 5 heteroatoms. The number of aromatic nitrogens is 2. The quantitative estimate of drug-likeness (QED) is 0.908. The molecule has 0 saturated carbocycles. The number of piperidine rings is 1. The van der Waals surface area contributed by atoms with Gasteiger partial charge in [0.05, 0.1) is 0 Å². The van der Waals surface area contributed by atoms with Crippen molar-refractivity contribution >= 4 is 17.4 Å². The van der Waals surface area contributed by atoms with Gasteiger partial charge in [-0.05, 0) is 64.0 Å². The summed E-state index contributed by atoms with van der Waals surface area (Å²) in [6.07, 6.45) is 2.25. The van der Waals surface area contributed by atoms with E-state index in [1.54, 1.807) is 0 Å². The molecule has 1 aliphatic rings. The molecule has 3 rings (SSSR count). The molecule has 1 aromatic carbocycles. The maximum Gasteiger partial charge on any atom is 0.161 e. The fraction of sp³-hybridized carbons (Fsp3) is 0.412. The Morgan fingerprint density at radius 1 is 1.09 bits per heavy atom. The van der Waals surface area contributed by atoms with E-state index in [0.717, 1.165) is 59.4 Å². The largest absolute Gasteiger partial charge is 0.367 e. The maximum atomic E-state index is 5.96. The summed E-state index contributed by atoms with van der Waals surface area (Å²) in [5, 5.41) is 7.70. The molecule has 1 aliphatic heterocycles. The smallest absolute Gasteiger partial charge is 0.161 e. The maximum absolute atomic E-state index is 5.96. The van der Waals surface area contributed by atoms with E-state index < -0.39 is 0 Å². The Hall–Kier alpha value is -1.65. The Labute approximate surface area is 136 Å². The predicted octanol–water partition coefficient (Wildman–Crippen LogP) is 3.58. The molecule has 0 aliphatic carbocycles. The van der Waals surface area contributed by atoms with Crippen LogP contribution in [0.5, 0.6) is 0 Å². The first-order valence-electron chi connectivity index (χ1n) is 7.72. The Balaban J connectivity index is 1.90. The molecule has 4 nitrogen and oxygen atoms in total. The molecule has 2 aromatic rings. The SMILES string of the molecule is Cc1nc(-c2ccc(Cl)cc2)nc(NC2CCNCC2)c1C. The lowest BCUT2D eigenvalue weighted by atomic mass is 10.1. The summed E-state index contributed by atoms with van der Waals surface area (Å²) in [5.41, 5.74) is 3.12. The van der Waals surface area contributed by atoms with Gasteiger partial charge in [-0.25, -0.2) is 9.97 Å². The molecule has 116 valence electrons. The number of hydrogen-bond donors (Lipinski definition) is 2. The first-order valence-corrected chi connectivity index (χ1v) is 8.10. The zero-order chi connectivity index (χ0) is 15.5. The molecule has 2 heterocycles. The highest BCUT2D eigenvalue weighted by Crippen LogP contribution is 2.24. The Kier molecular flexibility index (Phi) is 4.60. The first kappa shape index (κ1) is 15.3. The van der Waals surface area contributed by atoms with Crippen molar-refractivity contribution in [2.45, 2.75) is 32.7 Å². The van der Waals surface area contributed by atoms with E-state index in [2.05, 4.69) is 22.5 Å². The standard InChI is InChI=1S/C17H21ClN4/c1-11-12(2)20-17(13-3-5-14(18)6-4-13)22-16(11)21-15-7-9-19-10-8-15/h3-6,15,19H,7-10H2,1-2H3,(H,20,21,22). The van der Waals surface area contributed by atoms with E-state index in [1.807, 2.05) is 31.2 Å². The summed E-state index contributed by atoms with van der Waals surface area (Å²) in [4.78, 5) is 9.36. The minimum Gasteiger partial charge on any atom is -0.367 e. The Morgan fingerprint density at radius 3 is 2.45 bits per heavy atom. The van der Waals surface area contributed by atoms with Crippen LogP contribution in [0.2, 0.25) is 5.02 Å². The Bertz CT molecular complexity index is 648. The molecule has 0 spiro atoms. The van der Waals surface area contributed by atoms with Gasteiger partial charge in [0.25, 0.3) is 0 Å². The van der Waals surface area contributed by atoms with Crippen LogP contribution < -0.4 is 10.6 Å². The topological polar surface area (TPSA) is 49.8 Å². The number of benzene rings is 1. The van der Waals surface area contributed by atoms with Crippen LogP contribution in [-0.2, 0) is 0 Å². The summed E-state index contributed by atoms with van der Waals surface area (Å²) >= 11 is 5.96. The number of hydrogen-bond acceptors (Lipinski definition) is 4. The molecular weight excluding hydrogens is 296 g/mol. The first-order chi connectivity index (χ1) is 10.6. The molecule has 1 aromatic heterocycles. The van der Waals surface area contributed by atoms with Crippen molar-refractivity contribution in [3.63, 3.8) is 0 Å². The number of rotatable bonds is 3. The molecule has 0 unspecified atom stereocenters. The van der Waals surface area contributed by atoms with E-state index in [1.165, 1.54) is 0 Å². The molecule has 0 bridgehead atoms. The third kappa shape index (κ3) is 3.39. The lowest BCUT2D eigenvalue weighted by Crippen LogP contribution is -2.35. The van der Waals surface area contributed by atoms with Gasteiger partial charge in [-0.2, -0.15) is 0 Å². The third-order valence-electron chi connectivity index (χ3n) is 4.17. The van der Waals surface area contributed by atoms with Gasteiger partial charge in [0.2, 0.25) is 0 Å². The van der Waals surface area contributed by atoms with Gasteiger partial charge in [-0.15, -0.1) is 0 Å². The van der Waals surface area contributed by atoms with E-state index in [9.17, 15) is 0 Å². The molecule has 2 N–H and O–H groups in total. The second kappa shape index (κ2) is 6.63. The number of aryl methyl sites for hydroxylation is 1. The van der Waals surface area contributed by atoms with Crippen molar-refractivity contribution in [2.24, 2.45) is 0 Å². The van der Waals surface area contributed by atoms with Gasteiger partial charge in [-0.3, -0.25) is 0 Å². The van der Waals surface area contributed by atoms with Gasteiger partial charge in [-0.1, -0.05) is 11.6 Å². The highest BCUT2D eigenvalue weighted by Gasteiger charge is 2.16. The van der Waals surface area contributed by atoms with Crippen molar-refractivity contribution in [3.05, 3.63) is 40.5 Å². The highest BCUT2D eigenvalue weighted by atomic mass is 35.5. The zero-order valence-electron chi connectivity index (χ0n) is 13.0. The number of nitrogens with one attached hydrogen (secondary N) is 2. The number of nitrogens with zero attached hydrogens (tertiary/aromatic N) is 2. The van der Waals surface area contributed by atoms with E-state index in [4.69, 9.17) is 16.6 Å². The minimum absolute atomic E-state index is 0.479. The summed E-state index contributed by atoms with van der Waals surface area (Å²) in [6, 6.07) is 8.14. The van der Waals surface area contributed by atoms with Crippen LogP contribution in [0.3, 0.4) is 0 Å². The van der Waals surface area contributed by atoms with Crippen LogP contribution in [0.25, 0.3) is 11.4 Å². The van der Waals surface area contributed by atoms with E-state index in [-0.39, 0.29) is 0 Å². The van der Waals surface area contributed by atoms with Crippen LogP contribution in [0.4, 0.5) is 5.82 Å². The molecule has 22 heavy (non-hydrogen) atoms. The van der Waals surface area contributed by atoms with Gasteiger partial charge in [0, 0.05) is 27.9 Å². The van der Waals surface area contributed by atoms with E-state index in [0.29, 0.717) is 6.04 Å². The summed E-state index contributed by atoms with van der Waals surface area (Å²) in [5.74, 6) is 1.69. The second-order valence-electron chi connectivity index (χ2n) is 5.78. The van der Waals surface area contributed by atoms with Gasteiger partial charge in [0.15, 0.2) is 5.82 Å². The highest BCUT2D eigenvalue weighted by molar-refractivity contribution is 6.30. The molecule has 0 atom stereocenters. The molecule has 0 amide bonds. The van der Waals surface area contributed by atoms with Crippen LogP contribution in [-0.4, -0.2) is 29.1 Å². The molecular formula is C17H21ClN4. The normalized spacial score (nSPS) is 15.8. The number of anilines is 1. The zero-order valence-corrected chi connectivity index (χ0v) is 13.7.